The molecule has 34 heavy (non-hydrogen) atoms. The fourth-order valence-electron chi connectivity index (χ4n) is 4.07. The second-order valence-electron chi connectivity index (χ2n) is 8.17. The summed E-state index contributed by atoms with van der Waals surface area (Å²) in [6, 6.07) is 11.3. The Morgan fingerprint density at radius 2 is 1.79 bits per heavy atom. The maximum atomic E-state index is 12.6. The zero-order valence-corrected chi connectivity index (χ0v) is 20.2. The van der Waals surface area contributed by atoms with E-state index in [1.165, 1.54) is 5.01 Å². The van der Waals surface area contributed by atoms with Crippen LogP contribution in [-0.2, 0) is 6.42 Å². The molecule has 3 aromatic rings. The molecule has 178 valence electrons. The van der Waals surface area contributed by atoms with Crippen molar-refractivity contribution < 1.29 is 18.8 Å². The fraction of sp³-hybridized carbons (Fsp3) is 0.320. The lowest BCUT2D eigenvalue weighted by Gasteiger charge is -2.22. The van der Waals surface area contributed by atoms with Crippen LogP contribution in [0.25, 0.3) is 0 Å². The normalized spacial score (nSPS) is 15.2. The second kappa shape index (κ2) is 9.46. The number of methoxy groups -OCH3 is 2. The number of hydrogen-bond donors (Lipinski definition) is 2. The van der Waals surface area contributed by atoms with Crippen LogP contribution in [0, 0.1) is 13.8 Å². The van der Waals surface area contributed by atoms with Gasteiger partial charge in [-0.05, 0) is 57.0 Å². The highest BCUT2D eigenvalue weighted by Gasteiger charge is 2.28. The number of hydrazone groups is 1. The van der Waals surface area contributed by atoms with Crippen molar-refractivity contribution in [2.45, 2.75) is 33.2 Å². The van der Waals surface area contributed by atoms with Gasteiger partial charge in [0.05, 0.1) is 26.0 Å². The molecule has 4 rings (SSSR count). The minimum absolute atomic E-state index is 0.158. The van der Waals surface area contributed by atoms with Gasteiger partial charge in [0, 0.05) is 23.9 Å². The number of nitrogens with zero attached hydrogens (tertiary/aromatic N) is 3. The summed E-state index contributed by atoms with van der Waals surface area (Å²) in [6.45, 7) is 5.73. The lowest BCUT2D eigenvalue weighted by molar-refractivity contribution is 0.184. The number of nitrogens with one attached hydrogen (secondary N) is 2. The summed E-state index contributed by atoms with van der Waals surface area (Å²) in [5, 5.41) is 16.3. The number of anilines is 2. The summed E-state index contributed by atoms with van der Waals surface area (Å²) >= 11 is 0. The predicted octanol–water partition coefficient (Wildman–Crippen LogP) is 4.39. The molecule has 1 aliphatic rings. The van der Waals surface area contributed by atoms with E-state index in [9.17, 15) is 4.79 Å². The fourth-order valence-corrected chi connectivity index (χ4v) is 4.07. The molecule has 0 fully saturated rings. The molecule has 2 aromatic carbocycles. The van der Waals surface area contributed by atoms with Crippen LogP contribution in [0.2, 0.25) is 0 Å². The average molecular weight is 464 g/mol. The Balaban J connectivity index is 1.79. The van der Waals surface area contributed by atoms with Gasteiger partial charge in [0.15, 0.2) is 17.3 Å². The zero-order chi connectivity index (χ0) is 24.4. The van der Waals surface area contributed by atoms with E-state index in [2.05, 4.69) is 15.8 Å². The molecule has 1 aromatic heterocycles. The standard InChI is InChI=1S/C25H29N5O4/c1-14-11-18-12-21(32-5)22(33-6)13-20(18)24(28-30(14)25(31)26-4)17-7-9-19(10-8-17)27-23-15(2)29-34-16(23)3/h7-10,12-14,27H,11H2,1-6H3,(H,26,31)/t14-/m0/s1. The molecule has 2 heterocycles. The van der Waals surface area contributed by atoms with Crippen molar-refractivity contribution in [3.05, 3.63) is 64.5 Å². The third-order valence-electron chi connectivity index (χ3n) is 5.89. The monoisotopic (exact) mass is 463 g/mol. The lowest BCUT2D eigenvalue weighted by Crippen LogP contribution is -2.41. The smallest absolute Gasteiger partial charge is 0.337 e. The summed E-state index contributed by atoms with van der Waals surface area (Å²) in [7, 11) is 4.82. The molecule has 1 atom stereocenters. The third-order valence-corrected chi connectivity index (χ3v) is 5.89. The number of fused-ring (bicyclic) bond motifs is 1. The first-order chi connectivity index (χ1) is 16.4. The molecule has 0 unspecified atom stereocenters. The zero-order valence-electron chi connectivity index (χ0n) is 20.2. The van der Waals surface area contributed by atoms with E-state index < -0.39 is 0 Å². The maximum absolute atomic E-state index is 12.6. The molecule has 0 saturated heterocycles. The number of aryl methyl sites for hydroxylation is 2. The van der Waals surface area contributed by atoms with E-state index >= 15 is 0 Å². The number of aromatic nitrogens is 1. The molecule has 9 nitrogen and oxygen atoms in total. The Kier molecular flexibility index (Phi) is 6.45. The summed E-state index contributed by atoms with van der Waals surface area (Å²) in [5.74, 6) is 1.96. The highest BCUT2D eigenvalue weighted by molar-refractivity contribution is 6.14. The van der Waals surface area contributed by atoms with Crippen molar-refractivity contribution in [3.8, 4) is 11.5 Å². The summed E-state index contributed by atoms with van der Waals surface area (Å²) < 4.78 is 16.3. The summed E-state index contributed by atoms with van der Waals surface area (Å²) in [5.41, 5.74) is 5.97. The number of carbonyl (C=O) groups excluding carboxylic acids is 1. The van der Waals surface area contributed by atoms with Crippen molar-refractivity contribution in [3.63, 3.8) is 0 Å². The van der Waals surface area contributed by atoms with Crippen molar-refractivity contribution in [1.29, 1.82) is 0 Å². The van der Waals surface area contributed by atoms with Crippen LogP contribution in [0.4, 0.5) is 16.2 Å². The molecule has 0 bridgehead atoms. The van der Waals surface area contributed by atoms with Gasteiger partial charge in [-0.25, -0.2) is 9.80 Å². The molecule has 9 heteroatoms. The quantitative estimate of drug-likeness (QED) is 0.582. The summed E-state index contributed by atoms with van der Waals surface area (Å²) in [4.78, 5) is 12.6. The SMILES string of the molecule is CNC(=O)N1N=C(c2ccc(Nc3c(C)noc3C)cc2)c2cc(OC)c(OC)cc2C[C@@H]1C. The number of amides is 2. The van der Waals surface area contributed by atoms with E-state index in [1.54, 1.807) is 21.3 Å². The Bertz CT molecular complexity index is 1210. The van der Waals surface area contributed by atoms with Crippen molar-refractivity contribution in [2.75, 3.05) is 26.6 Å². The van der Waals surface area contributed by atoms with Crippen molar-refractivity contribution in [2.24, 2.45) is 5.10 Å². The number of ether oxygens (including phenoxy) is 2. The molecule has 0 saturated carbocycles. The number of carbonyl (C=O) groups is 1. The van der Waals surface area contributed by atoms with Crippen LogP contribution < -0.4 is 20.1 Å². The van der Waals surface area contributed by atoms with Gasteiger partial charge in [0.25, 0.3) is 0 Å². The molecule has 0 aliphatic carbocycles. The van der Waals surface area contributed by atoms with Crippen LogP contribution in [0.3, 0.4) is 0 Å². The highest BCUT2D eigenvalue weighted by Crippen LogP contribution is 2.35. The van der Waals surface area contributed by atoms with Gasteiger partial charge in [-0.15, -0.1) is 0 Å². The van der Waals surface area contributed by atoms with Crippen LogP contribution in [-0.4, -0.2) is 49.2 Å². The van der Waals surface area contributed by atoms with Crippen molar-refractivity contribution >= 4 is 23.1 Å². The Labute approximate surface area is 198 Å². The highest BCUT2D eigenvalue weighted by atomic mass is 16.5. The number of urea groups is 1. The topological polar surface area (TPSA) is 101 Å². The van der Waals surface area contributed by atoms with E-state index in [1.807, 2.05) is 57.2 Å². The molecule has 0 radical (unpaired) electrons. The van der Waals surface area contributed by atoms with Crippen LogP contribution in [0.1, 0.15) is 35.1 Å². The first kappa shape index (κ1) is 23.2. The predicted molar refractivity (Wildman–Crippen MR) is 130 cm³/mol. The van der Waals surface area contributed by atoms with Gasteiger partial charge < -0.3 is 24.6 Å². The van der Waals surface area contributed by atoms with Gasteiger partial charge in [0.1, 0.15) is 11.4 Å². The first-order valence-electron chi connectivity index (χ1n) is 11.0. The largest absolute Gasteiger partial charge is 0.493 e. The van der Waals surface area contributed by atoms with E-state index in [0.717, 1.165) is 39.5 Å². The van der Waals surface area contributed by atoms with Crippen molar-refractivity contribution in [1.82, 2.24) is 15.5 Å². The Morgan fingerprint density at radius 1 is 1.12 bits per heavy atom. The lowest BCUT2D eigenvalue weighted by atomic mass is 9.94. The average Bonchev–Trinajstić information content (AvgIpc) is 3.08. The minimum Gasteiger partial charge on any atom is -0.493 e. The second-order valence-corrected chi connectivity index (χ2v) is 8.17. The van der Waals surface area contributed by atoms with Gasteiger partial charge in [-0.3, -0.25) is 0 Å². The molecular weight excluding hydrogens is 434 g/mol. The molecule has 2 amide bonds. The number of benzene rings is 2. The van der Waals surface area contributed by atoms with E-state index in [0.29, 0.717) is 23.6 Å². The Morgan fingerprint density at radius 3 is 2.38 bits per heavy atom. The van der Waals surface area contributed by atoms with Crippen LogP contribution in [0.5, 0.6) is 11.5 Å². The molecule has 0 spiro atoms. The number of rotatable bonds is 5. The van der Waals surface area contributed by atoms with E-state index in [4.69, 9.17) is 19.1 Å². The molecule has 1 aliphatic heterocycles. The maximum Gasteiger partial charge on any atom is 0.337 e. The first-order valence-corrected chi connectivity index (χ1v) is 11.0. The van der Waals surface area contributed by atoms with Gasteiger partial charge >= 0.3 is 6.03 Å². The summed E-state index contributed by atoms with van der Waals surface area (Å²) in [6.07, 6.45) is 0.613. The molecule has 2 N–H and O–H groups in total. The van der Waals surface area contributed by atoms with Gasteiger partial charge in [0.2, 0.25) is 0 Å². The number of hydrogen-bond acceptors (Lipinski definition) is 7. The van der Waals surface area contributed by atoms with Gasteiger partial charge in [-0.2, -0.15) is 5.10 Å². The third kappa shape index (κ3) is 4.28. The Hall–Kier alpha value is -4.01. The molecular formula is C25H29N5O4. The van der Waals surface area contributed by atoms with E-state index in [-0.39, 0.29) is 12.1 Å². The minimum atomic E-state index is -0.270. The van der Waals surface area contributed by atoms with Crippen LogP contribution >= 0.6 is 0 Å². The van der Waals surface area contributed by atoms with Crippen LogP contribution in [0.15, 0.2) is 46.0 Å². The van der Waals surface area contributed by atoms with Gasteiger partial charge in [-0.1, -0.05) is 17.3 Å².